The van der Waals surface area contributed by atoms with Crippen LogP contribution in [0.3, 0.4) is 0 Å². The van der Waals surface area contributed by atoms with E-state index in [1.54, 1.807) is 12.3 Å². The van der Waals surface area contributed by atoms with Gasteiger partial charge in [-0.05, 0) is 42.0 Å². The third-order valence-electron chi connectivity index (χ3n) is 3.20. The monoisotopic (exact) mass is 291 g/mol. The SMILES string of the molecule is Nc1cccnc1Nc1ccc(OCc2ccccc2)cc1. The molecule has 0 saturated carbocycles. The lowest BCUT2D eigenvalue weighted by Crippen LogP contribution is -1.99. The third-order valence-corrected chi connectivity index (χ3v) is 3.20. The van der Waals surface area contributed by atoms with E-state index in [1.807, 2.05) is 60.7 Å². The molecular formula is C18H17N3O. The van der Waals surface area contributed by atoms with Crippen LogP contribution in [0.1, 0.15) is 5.56 Å². The van der Waals surface area contributed by atoms with E-state index in [0.717, 1.165) is 17.0 Å². The first-order valence-corrected chi connectivity index (χ1v) is 7.05. The van der Waals surface area contributed by atoms with E-state index in [4.69, 9.17) is 10.5 Å². The Hall–Kier alpha value is -3.01. The van der Waals surface area contributed by atoms with Crippen molar-refractivity contribution in [2.45, 2.75) is 6.61 Å². The summed E-state index contributed by atoms with van der Waals surface area (Å²) in [5, 5.41) is 3.18. The molecule has 0 aliphatic carbocycles. The zero-order valence-corrected chi connectivity index (χ0v) is 12.1. The first kappa shape index (κ1) is 13.9. The average molecular weight is 291 g/mol. The lowest BCUT2D eigenvalue weighted by molar-refractivity contribution is 0.306. The molecule has 3 aromatic rings. The predicted octanol–water partition coefficient (Wildman–Crippen LogP) is 3.99. The summed E-state index contributed by atoms with van der Waals surface area (Å²) in [4.78, 5) is 4.20. The Labute approximate surface area is 129 Å². The number of aromatic nitrogens is 1. The zero-order valence-electron chi connectivity index (χ0n) is 12.1. The second-order valence-electron chi connectivity index (χ2n) is 4.86. The Kier molecular flexibility index (Phi) is 4.20. The van der Waals surface area contributed by atoms with Crippen LogP contribution in [0.15, 0.2) is 72.9 Å². The van der Waals surface area contributed by atoms with E-state index < -0.39 is 0 Å². The van der Waals surface area contributed by atoms with Gasteiger partial charge in [0.1, 0.15) is 12.4 Å². The van der Waals surface area contributed by atoms with Gasteiger partial charge in [0.25, 0.3) is 0 Å². The molecule has 1 heterocycles. The van der Waals surface area contributed by atoms with Crippen LogP contribution in [-0.2, 0) is 6.61 Å². The van der Waals surface area contributed by atoms with Crippen molar-refractivity contribution in [3.8, 4) is 5.75 Å². The van der Waals surface area contributed by atoms with Crippen LogP contribution in [0.5, 0.6) is 5.75 Å². The van der Waals surface area contributed by atoms with Gasteiger partial charge in [0, 0.05) is 11.9 Å². The standard InChI is InChI=1S/C18H17N3O/c19-17-7-4-12-20-18(17)21-15-8-10-16(11-9-15)22-13-14-5-2-1-3-6-14/h1-12H,13,19H2,(H,20,21). The van der Waals surface area contributed by atoms with Gasteiger partial charge in [-0.15, -0.1) is 0 Å². The van der Waals surface area contributed by atoms with Gasteiger partial charge in [0.15, 0.2) is 5.82 Å². The highest BCUT2D eigenvalue weighted by molar-refractivity contribution is 5.68. The highest BCUT2D eigenvalue weighted by Crippen LogP contribution is 2.22. The van der Waals surface area contributed by atoms with Crippen LogP contribution in [0.2, 0.25) is 0 Å². The van der Waals surface area contributed by atoms with Crippen molar-refractivity contribution in [3.63, 3.8) is 0 Å². The minimum atomic E-state index is 0.556. The van der Waals surface area contributed by atoms with Crippen molar-refractivity contribution in [2.75, 3.05) is 11.1 Å². The molecule has 4 nitrogen and oxygen atoms in total. The Balaban J connectivity index is 1.62. The van der Waals surface area contributed by atoms with Gasteiger partial charge < -0.3 is 15.8 Å². The summed E-state index contributed by atoms with van der Waals surface area (Å²) >= 11 is 0. The molecule has 0 aliphatic rings. The van der Waals surface area contributed by atoms with Gasteiger partial charge >= 0.3 is 0 Å². The molecule has 0 fully saturated rings. The molecule has 4 heteroatoms. The van der Waals surface area contributed by atoms with E-state index in [2.05, 4.69) is 10.3 Å². The largest absolute Gasteiger partial charge is 0.489 e. The minimum Gasteiger partial charge on any atom is -0.489 e. The van der Waals surface area contributed by atoms with Gasteiger partial charge in [0.2, 0.25) is 0 Å². The molecule has 3 rings (SSSR count). The van der Waals surface area contributed by atoms with Crippen molar-refractivity contribution in [1.29, 1.82) is 0 Å². The second kappa shape index (κ2) is 6.63. The predicted molar refractivity (Wildman–Crippen MR) is 89.1 cm³/mol. The van der Waals surface area contributed by atoms with Crippen LogP contribution in [0.25, 0.3) is 0 Å². The van der Waals surface area contributed by atoms with Crippen molar-refractivity contribution in [2.24, 2.45) is 0 Å². The number of nitrogens with zero attached hydrogens (tertiary/aromatic N) is 1. The number of anilines is 3. The molecular weight excluding hydrogens is 274 g/mol. The summed E-state index contributed by atoms with van der Waals surface area (Å²) in [5.74, 6) is 1.48. The van der Waals surface area contributed by atoms with Crippen molar-refractivity contribution < 1.29 is 4.74 Å². The number of nitrogens with two attached hydrogens (primary N) is 1. The third kappa shape index (κ3) is 3.55. The first-order chi connectivity index (χ1) is 10.8. The molecule has 0 spiro atoms. The Morgan fingerprint density at radius 1 is 0.909 bits per heavy atom. The van der Waals surface area contributed by atoms with Crippen molar-refractivity contribution >= 4 is 17.2 Å². The van der Waals surface area contributed by atoms with Crippen LogP contribution < -0.4 is 15.8 Å². The number of rotatable bonds is 5. The number of pyridine rings is 1. The van der Waals surface area contributed by atoms with E-state index in [0.29, 0.717) is 18.1 Å². The fraction of sp³-hybridized carbons (Fsp3) is 0.0556. The summed E-state index contributed by atoms with van der Waals surface area (Å²) < 4.78 is 5.75. The van der Waals surface area contributed by atoms with Gasteiger partial charge in [-0.25, -0.2) is 4.98 Å². The van der Waals surface area contributed by atoms with E-state index in [9.17, 15) is 0 Å². The molecule has 0 unspecified atom stereocenters. The number of nitrogen functional groups attached to an aromatic ring is 1. The molecule has 0 aliphatic heterocycles. The fourth-order valence-electron chi connectivity index (χ4n) is 2.03. The lowest BCUT2D eigenvalue weighted by atomic mass is 10.2. The number of hydrogen-bond donors (Lipinski definition) is 2. The summed E-state index contributed by atoms with van der Waals surface area (Å²) in [6.45, 7) is 0.556. The van der Waals surface area contributed by atoms with Crippen LogP contribution in [-0.4, -0.2) is 4.98 Å². The highest BCUT2D eigenvalue weighted by atomic mass is 16.5. The molecule has 0 amide bonds. The van der Waals surface area contributed by atoms with Crippen molar-refractivity contribution in [1.82, 2.24) is 4.98 Å². The first-order valence-electron chi connectivity index (χ1n) is 7.05. The molecule has 3 N–H and O–H groups in total. The molecule has 0 saturated heterocycles. The van der Waals surface area contributed by atoms with Crippen LogP contribution >= 0.6 is 0 Å². The fourth-order valence-corrected chi connectivity index (χ4v) is 2.03. The second-order valence-corrected chi connectivity index (χ2v) is 4.86. The Bertz CT molecular complexity index is 727. The lowest BCUT2D eigenvalue weighted by Gasteiger charge is -2.10. The quantitative estimate of drug-likeness (QED) is 0.746. The molecule has 0 radical (unpaired) electrons. The van der Waals surface area contributed by atoms with Gasteiger partial charge in [-0.2, -0.15) is 0 Å². The maximum absolute atomic E-state index is 5.86. The Morgan fingerprint density at radius 3 is 2.41 bits per heavy atom. The van der Waals surface area contributed by atoms with Gasteiger partial charge in [-0.1, -0.05) is 30.3 Å². The zero-order chi connectivity index (χ0) is 15.2. The highest BCUT2D eigenvalue weighted by Gasteiger charge is 2.01. The van der Waals surface area contributed by atoms with Crippen LogP contribution in [0.4, 0.5) is 17.2 Å². The number of ether oxygens (including phenoxy) is 1. The molecule has 0 atom stereocenters. The molecule has 2 aromatic carbocycles. The van der Waals surface area contributed by atoms with Crippen molar-refractivity contribution in [3.05, 3.63) is 78.5 Å². The molecule has 110 valence electrons. The normalized spacial score (nSPS) is 10.2. The Morgan fingerprint density at radius 2 is 1.68 bits per heavy atom. The number of benzene rings is 2. The van der Waals surface area contributed by atoms with Gasteiger partial charge in [0.05, 0.1) is 5.69 Å². The smallest absolute Gasteiger partial charge is 0.153 e. The average Bonchev–Trinajstić information content (AvgIpc) is 2.57. The van der Waals surface area contributed by atoms with E-state index in [-0.39, 0.29) is 0 Å². The number of hydrogen-bond acceptors (Lipinski definition) is 4. The summed E-state index contributed by atoms with van der Waals surface area (Å²) in [7, 11) is 0. The maximum Gasteiger partial charge on any atom is 0.153 e. The molecule has 22 heavy (non-hydrogen) atoms. The maximum atomic E-state index is 5.86. The molecule has 1 aromatic heterocycles. The van der Waals surface area contributed by atoms with E-state index in [1.165, 1.54) is 0 Å². The summed E-state index contributed by atoms with van der Waals surface area (Å²) in [5.41, 5.74) is 8.54. The van der Waals surface area contributed by atoms with Gasteiger partial charge in [-0.3, -0.25) is 0 Å². The minimum absolute atomic E-state index is 0.556. The summed E-state index contributed by atoms with van der Waals surface area (Å²) in [6, 6.07) is 21.4. The van der Waals surface area contributed by atoms with Crippen LogP contribution in [0, 0.1) is 0 Å². The summed E-state index contributed by atoms with van der Waals surface area (Å²) in [6.07, 6.45) is 1.70. The van der Waals surface area contributed by atoms with E-state index >= 15 is 0 Å². The topological polar surface area (TPSA) is 60.2 Å². The molecule has 0 bridgehead atoms. The number of nitrogens with one attached hydrogen (secondary N) is 1.